The van der Waals surface area contributed by atoms with Gasteiger partial charge in [0.25, 0.3) is 0 Å². The number of ether oxygens (including phenoxy) is 2. The van der Waals surface area contributed by atoms with Gasteiger partial charge in [-0.1, -0.05) is 39.2 Å². The average Bonchev–Trinajstić information content (AvgIpc) is 3.17. The first kappa shape index (κ1) is 22.4. The Balaban J connectivity index is 2.14. The predicted molar refractivity (Wildman–Crippen MR) is 113 cm³/mol. The van der Waals surface area contributed by atoms with Gasteiger partial charge in [0.2, 0.25) is 11.8 Å². The highest BCUT2D eigenvalue weighted by atomic mass is 32.2. The minimum absolute atomic E-state index is 0.0177. The zero-order valence-electron chi connectivity index (χ0n) is 17.3. The number of carbonyl (C=O) groups excluding carboxylic acids is 2. The summed E-state index contributed by atoms with van der Waals surface area (Å²) in [4.78, 5) is 27.2. The van der Waals surface area contributed by atoms with Gasteiger partial charge < -0.3 is 19.7 Å². The summed E-state index contributed by atoms with van der Waals surface area (Å²) in [6.07, 6.45) is 4.79. The lowest BCUT2D eigenvalue weighted by atomic mass is 10.1. The van der Waals surface area contributed by atoms with Gasteiger partial charge in [0, 0.05) is 18.7 Å². The Morgan fingerprint density at radius 3 is 2.54 bits per heavy atom. The molecule has 2 rings (SSSR count). The summed E-state index contributed by atoms with van der Waals surface area (Å²) in [6.45, 7) is 4.66. The van der Waals surface area contributed by atoms with E-state index in [0.717, 1.165) is 18.4 Å². The monoisotopic (exact) mass is 408 g/mol. The molecule has 0 unspecified atom stereocenters. The normalized spacial score (nSPS) is 18.8. The van der Waals surface area contributed by atoms with Gasteiger partial charge in [-0.25, -0.2) is 0 Å². The Kier molecular flexibility index (Phi) is 8.96. The zero-order chi connectivity index (χ0) is 20.5. The Morgan fingerprint density at radius 2 is 1.89 bits per heavy atom. The molecule has 1 saturated heterocycles. The maximum absolute atomic E-state index is 12.7. The van der Waals surface area contributed by atoms with Crippen LogP contribution in [0.4, 0.5) is 0 Å². The second-order valence-electron chi connectivity index (χ2n) is 6.82. The third kappa shape index (κ3) is 5.34. The van der Waals surface area contributed by atoms with Gasteiger partial charge in [-0.3, -0.25) is 9.59 Å². The molecule has 0 aromatic heterocycles. The molecular formula is C21H32N2O4S. The maximum Gasteiger partial charge on any atom is 0.243 e. The summed E-state index contributed by atoms with van der Waals surface area (Å²) in [5.74, 6) is 1.77. The Hall–Kier alpha value is -1.89. The topological polar surface area (TPSA) is 67.9 Å². The van der Waals surface area contributed by atoms with Crippen molar-refractivity contribution < 1.29 is 19.1 Å². The highest BCUT2D eigenvalue weighted by Crippen LogP contribution is 2.44. The van der Waals surface area contributed by atoms with Crippen LogP contribution in [0.3, 0.4) is 0 Å². The number of amides is 2. The highest BCUT2D eigenvalue weighted by Gasteiger charge is 2.41. The van der Waals surface area contributed by atoms with Crippen LogP contribution in [-0.2, 0) is 9.59 Å². The smallest absolute Gasteiger partial charge is 0.243 e. The summed E-state index contributed by atoms with van der Waals surface area (Å²) in [5.41, 5.74) is 0.933. The quantitative estimate of drug-likeness (QED) is 0.597. The van der Waals surface area contributed by atoms with Gasteiger partial charge in [0.1, 0.15) is 11.4 Å². The van der Waals surface area contributed by atoms with E-state index in [-0.39, 0.29) is 17.2 Å². The molecule has 7 heteroatoms. The molecule has 156 valence electrons. The molecule has 1 heterocycles. The molecule has 2 atom stereocenters. The molecule has 28 heavy (non-hydrogen) atoms. The molecule has 6 nitrogen and oxygen atoms in total. The van der Waals surface area contributed by atoms with Crippen LogP contribution in [0, 0.1) is 0 Å². The molecule has 1 fully saturated rings. The van der Waals surface area contributed by atoms with Crippen molar-refractivity contribution in [3.8, 4) is 11.5 Å². The van der Waals surface area contributed by atoms with Crippen LogP contribution >= 0.6 is 11.8 Å². The number of benzene rings is 1. The fourth-order valence-corrected chi connectivity index (χ4v) is 4.78. The van der Waals surface area contributed by atoms with Crippen LogP contribution in [0.5, 0.6) is 11.5 Å². The molecule has 1 aromatic rings. The van der Waals surface area contributed by atoms with Gasteiger partial charge in [-0.15, -0.1) is 11.8 Å². The second-order valence-corrected chi connectivity index (χ2v) is 7.94. The van der Waals surface area contributed by atoms with Gasteiger partial charge in [0.15, 0.2) is 11.5 Å². The zero-order valence-corrected chi connectivity index (χ0v) is 18.1. The van der Waals surface area contributed by atoms with Crippen molar-refractivity contribution in [2.24, 2.45) is 0 Å². The minimum atomic E-state index is -0.443. The van der Waals surface area contributed by atoms with E-state index in [4.69, 9.17) is 9.47 Å². The van der Waals surface area contributed by atoms with E-state index in [1.807, 2.05) is 25.1 Å². The van der Waals surface area contributed by atoms with Crippen LogP contribution in [0.2, 0.25) is 0 Å². The van der Waals surface area contributed by atoms with Crippen LogP contribution < -0.4 is 14.8 Å². The first-order valence-corrected chi connectivity index (χ1v) is 11.0. The van der Waals surface area contributed by atoms with Crippen molar-refractivity contribution in [2.45, 2.75) is 57.4 Å². The summed E-state index contributed by atoms with van der Waals surface area (Å²) < 4.78 is 10.7. The van der Waals surface area contributed by atoms with E-state index in [1.54, 1.807) is 30.9 Å². The number of nitrogens with one attached hydrogen (secondary N) is 1. The molecule has 0 bridgehead atoms. The van der Waals surface area contributed by atoms with E-state index in [9.17, 15) is 9.59 Å². The lowest BCUT2D eigenvalue weighted by molar-refractivity contribution is -0.139. The largest absolute Gasteiger partial charge is 0.493 e. The van der Waals surface area contributed by atoms with E-state index in [2.05, 4.69) is 12.2 Å². The van der Waals surface area contributed by atoms with Crippen molar-refractivity contribution in [2.75, 3.05) is 26.5 Å². The first-order chi connectivity index (χ1) is 13.6. The van der Waals surface area contributed by atoms with Crippen LogP contribution in [0.25, 0.3) is 0 Å². The lowest BCUT2D eigenvalue weighted by Gasteiger charge is -2.29. The van der Waals surface area contributed by atoms with Crippen molar-refractivity contribution in [3.63, 3.8) is 0 Å². The van der Waals surface area contributed by atoms with E-state index >= 15 is 0 Å². The fraction of sp³-hybridized carbons (Fsp3) is 0.619. The van der Waals surface area contributed by atoms with Crippen molar-refractivity contribution in [1.82, 2.24) is 10.2 Å². The molecule has 2 amide bonds. The molecule has 1 aliphatic heterocycles. The summed E-state index contributed by atoms with van der Waals surface area (Å²) in [6, 6.07) is 5.21. The first-order valence-electron chi connectivity index (χ1n) is 9.99. The second kappa shape index (κ2) is 11.2. The van der Waals surface area contributed by atoms with Crippen molar-refractivity contribution in [1.29, 1.82) is 0 Å². The summed E-state index contributed by atoms with van der Waals surface area (Å²) in [5, 5.41) is 2.81. The third-order valence-corrected chi connectivity index (χ3v) is 6.24. The highest BCUT2D eigenvalue weighted by molar-refractivity contribution is 7.99. The van der Waals surface area contributed by atoms with Crippen LogP contribution in [0.1, 0.15) is 56.9 Å². The Bertz CT molecular complexity index is 668. The number of unbranched alkanes of at least 4 members (excludes halogenated alkanes) is 3. The predicted octanol–water partition coefficient (Wildman–Crippen LogP) is 3.75. The molecule has 1 aromatic carbocycles. The molecule has 0 spiro atoms. The Labute approximate surface area is 172 Å². The minimum Gasteiger partial charge on any atom is -0.493 e. The maximum atomic E-state index is 12.7. The van der Waals surface area contributed by atoms with E-state index < -0.39 is 6.04 Å². The molecular weight excluding hydrogens is 376 g/mol. The molecule has 0 aliphatic carbocycles. The fourth-order valence-electron chi connectivity index (χ4n) is 3.34. The van der Waals surface area contributed by atoms with Gasteiger partial charge in [-0.2, -0.15) is 0 Å². The average molecular weight is 409 g/mol. The summed E-state index contributed by atoms with van der Waals surface area (Å²) in [7, 11) is 3.18. The Morgan fingerprint density at radius 1 is 1.14 bits per heavy atom. The molecule has 1 aliphatic rings. The number of thioether (sulfide) groups is 1. The number of hydrogen-bond donors (Lipinski definition) is 1. The van der Waals surface area contributed by atoms with Gasteiger partial charge in [0.05, 0.1) is 14.2 Å². The van der Waals surface area contributed by atoms with Crippen molar-refractivity contribution >= 4 is 23.6 Å². The SMILES string of the molecule is CCCCCCNC(=O)[C@H]1CS[C@H](c2ccc(OC)c(OC)c2)N1C(=O)CC. The van der Waals surface area contributed by atoms with Crippen LogP contribution in [0.15, 0.2) is 18.2 Å². The number of carbonyl (C=O) groups is 2. The van der Waals surface area contributed by atoms with E-state index in [0.29, 0.717) is 30.2 Å². The van der Waals surface area contributed by atoms with E-state index in [1.165, 1.54) is 12.8 Å². The molecule has 0 saturated carbocycles. The molecule has 1 N–H and O–H groups in total. The summed E-state index contributed by atoms with van der Waals surface area (Å²) >= 11 is 1.61. The number of rotatable bonds is 10. The molecule has 0 radical (unpaired) electrons. The third-order valence-electron chi connectivity index (χ3n) is 4.92. The van der Waals surface area contributed by atoms with Crippen LogP contribution in [-0.4, -0.2) is 49.3 Å². The lowest BCUT2D eigenvalue weighted by Crippen LogP contribution is -2.48. The number of nitrogens with zero attached hydrogens (tertiary/aromatic N) is 1. The van der Waals surface area contributed by atoms with Gasteiger partial charge >= 0.3 is 0 Å². The standard InChI is InChI=1S/C21H32N2O4S/c1-5-7-8-9-12-22-20(25)16-14-28-21(23(16)19(24)6-2)15-10-11-17(26-3)18(13-15)27-4/h10-11,13,16,21H,5-9,12,14H2,1-4H3,(H,22,25)/t16-,21-/m1/s1. The number of hydrogen-bond acceptors (Lipinski definition) is 5. The van der Waals surface area contributed by atoms with Gasteiger partial charge in [-0.05, 0) is 24.1 Å². The van der Waals surface area contributed by atoms with Crippen molar-refractivity contribution in [3.05, 3.63) is 23.8 Å². The number of methoxy groups -OCH3 is 2.